The Morgan fingerprint density at radius 3 is 1.96 bits per heavy atom. The minimum Gasteiger partial charge on any atom is -0.541 e. The summed E-state index contributed by atoms with van der Waals surface area (Å²) >= 11 is 0. The Kier molecular flexibility index (Phi) is 3.95. The minimum atomic E-state index is -1.21. The summed E-state index contributed by atoms with van der Waals surface area (Å²) < 4.78 is 4.71. The molecule has 0 saturated carbocycles. The van der Waals surface area contributed by atoms with Crippen molar-refractivity contribution in [3.05, 3.63) is 71.3 Å². The number of hydrogen-bond donors (Lipinski definition) is 0. The van der Waals surface area contributed by atoms with Crippen LogP contribution in [0.25, 0.3) is 0 Å². The summed E-state index contributed by atoms with van der Waals surface area (Å²) in [6.45, 7) is 0. The number of carbonyl (C=O) groups excluding carboxylic acids is 3. The second-order valence-electron chi connectivity index (χ2n) is 4.87. The van der Waals surface area contributed by atoms with Crippen molar-refractivity contribution in [2.75, 3.05) is 0 Å². The molecule has 0 N–H and O–H groups in total. The average Bonchev–Trinajstić information content (AvgIpc) is 2.84. The number of hydroxylamine groups is 2. The molecule has 7 heteroatoms. The highest BCUT2D eigenvalue weighted by Gasteiger charge is 2.39. The fourth-order valence-corrected chi connectivity index (χ4v) is 2.34. The van der Waals surface area contributed by atoms with Gasteiger partial charge in [0, 0.05) is 0 Å². The summed E-state index contributed by atoms with van der Waals surface area (Å²) in [5.74, 6) is -1.90. The minimum absolute atomic E-state index is 0.245. The monoisotopic (exact) mass is 309 g/mol. The smallest absolute Gasteiger partial charge is 0.326 e. The number of hydrogen-bond acceptors (Lipinski definition) is 5. The molecule has 6 nitrogen and oxygen atoms in total. The molecule has 0 bridgehead atoms. The van der Waals surface area contributed by atoms with Gasteiger partial charge in [-0.2, -0.15) is 0 Å². The first-order valence-corrected chi connectivity index (χ1v) is 6.91. The van der Waals surface area contributed by atoms with Gasteiger partial charge in [-0.05, 0) is 17.7 Å². The van der Waals surface area contributed by atoms with Gasteiger partial charge in [0.1, 0.15) is 0 Å². The van der Waals surface area contributed by atoms with Gasteiger partial charge in [0.25, 0.3) is 11.8 Å². The molecule has 1 aliphatic rings. The summed E-state index contributed by atoms with van der Waals surface area (Å²) in [5.41, 5.74) is 0.972. The number of imide groups is 1. The highest BCUT2D eigenvalue weighted by Crippen LogP contribution is 2.27. The van der Waals surface area contributed by atoms with Crippen LogP contribution in [0.4, 0.5) is 0 Å². The summed E-state index contributed by atoms with van der Waals surface area (Å²) in [4.78, 5) is 42.0. The maximum Gasteiger partial charge on any atom is 0.326 e. The third-order valence-corrected chi connectivity index (χ3v) is 3.49. The van der Waals surface area contributed by atoms with Gasteiger partial charge >= 0.3 is 14.0 Å². The van der Waals surface area contributed by atoms with Gasteiger partial charge in [-0.1, -0.05) is 42.5 Å². The summed E-state index contributed by atoms with van der Waals surface area (Å²) in [6, 6.07) is 14.9. The van der Waals surface area contributed by atoms with E-state index in [4.69, 9.17) is 9.49 Å². The van der Waals surface area contributed by atoms with Crippen LogP contribution in [0.2, 0.25) is 0 Å². The lowest BCUT2D eigenvalue weighted by Crippen LogP contribution is -2.34. The molecule has 0 spiro atoms. The van der Waals surface area contributed by atoms with Crippen LogP contribution in [0, 0.1) is 0 Å². The van der Waals surface area contributed by atoms with Crippen molar-refractivity contribution in [1.29, 1.82) is 0 Å². The van der Waals surface area contributed by atoms with Crippen molar-refractivity contribution >= 4 is 25.8 Å². The molecule has 0 unspecified atom stereocenters. The highest BCUT2D eigenvalue weighted by atomic mass is 16.7. The molecule has 3 rings (SSSR count). The topological polar surface area (TPSA) is 72.9 Å². The summed E-state index contributed by atoms with van der Waals surface area (Å²) in [7, 11) is 1.21. The number of amides is 2. The predicted octanol–water partition coefficient (Wildman–Crippen LogP) is 1.05. The van der Waals surface area contributed by atoms with Crippen LogP contribution in [0.15, 0.2) is 54.6 Å². The van der Waals surface area contributed by atoms with Crippen LogP contribution in [-0.4, -0.2) is 30.9 Å². The lowest BCUT2D eigenvalue weighted by molar-refractivity contribution is -0.173. The lowest BCUT2D eigenvalue weighted by atomic mass is 10.1. The maximum absolute atomic E-state index is 12.3. The van der Waals surface area contributed by atoms with Crippen LogP contribution < -0.4 is 0 Å². The zero-order chi connectivity index (χ0) is 16.4. The molecule has 0 aliphatic carbocycles. The van der Waals surface area contributed by atoms with Crippen molar-refractivity contribution in [2.45, 2.75) is 6.10 Å². The van der Waals surface area contributed by atoms with Gasteiger partial charge < -0.3 is 4.65 Å². The fraction of sp³-hybridized carbons (Fsp3) is 0.0625. The first kappa shape index (κ1) is 15.0. The number of nitrogens with zero attached hydrogens (tertiary/aromatic N) is 1. The molecule has 1 aliphatic heterocycles. The van der Waals surface area contributed by atoms with Crippen molar-refractivity contribution < 1.29 is 23.9 Å². The van der Waals surface area contributed by atoms with Gasteiger partial charge in [0.05, 0.1) is 11.1 Å². The molecule has 2 aromatic rings. The largest absolute Gasteiger partial charge is 0.541 e. The second-order valence-corrected chi connectivity index (χ2v) is 4.87. The van der Waals surface area contributed by atoms with E-state index in [0.29, 0.717) is 10.6 Å². The standard InChI is InChI=1S/C16H12BNO5/c17-22-16(21)13(10-6-2-1-3-7-10)23-18-14(19)11-8-4-5-9-12(11)15(18)20/h1-9,13H,17H2/t13-/m0/s1. The van der Waals surface area contributed by atoms with E-state index in [1.807, 2.05) is 0 Å². The number of fused-ring (bicyclic) bond motifs is 1. The Morgan fingerprint density at radius 1 is 0.913 bits per heavy atom. The highest BCUT2D eigenvalue weighted by molar-refractivity contribution is 6.20. The number of rotatable bonds is 4. The first-order chi connectivity index (χ1) is 11.1. The number of carbonyl (C=O) groups is 3. The van der Waals surface area contributed by atoms with Crippen LogP contribution in [0.5, 0.6) is 0 Å². The van der Waals surface area contributed by atoms with E-state index in [0.717, 1.165) is 0 Å². The Balaban J connectivity index is 1.92. The van der Waals surface area contributed by atoms with Crippen molar-refractivity contribution in [3.63, 3.8) is 0 Å². The van der Waals surface area contributed by atoms with E-state index in [9.17, 15) is 14.4 Å². The lowest BCUT2D eigenvalue weighted by Gasteiger charge is -2.21. The average molecular weight is 309 g/mol. The van der Waals surface area contributed by atoms with Gasteiger partial charge in [-0.25, -0.2) is 4.84 Å². The molecular formula is C16H12BNO5. The summed E-state index contributed by atoms with van der Waals surface area (Å²) in [5, 5.41) is 0.610. The van der Waals surface area contributed by atoms with Crippen molar-refractivity contribution in [3.8, 4) is 0 Å². The van der Waals surface area contributed by atoms with Crippen LogP contribution >= 0.6 is 0 Å². The second kappa shape index (κ2) is 6.06. The number of benzene rings is 2. The molecule has 1 atom stereocenters. The summed E-state index contributed by atoms with van der Waals surface area (Å²) in [6.07, 6.45) is -1.21. The van der Waals surface area contributed by atoms with Crippen molar-refractivity contribution in [1.82, 2.24) is 5.06 Å². The van der Waals surface area contributed by atoms with E-state index in [1.54, 1.807) is 42.5 Å². The predicted molar refractivity (Wildman–Crippen MR) is 81.8 cm³/mol. The molecule has 2 aromatic carbocycles. The molecule has 0 saturated heterocycles. The Morgan fingerprint density at radius 2 is 1.43 bits per heavy atom. The SMILES string of the molecule is BOC(=O)[C@@H](ON1C(=O)c2ccccc2C1=O)c1ccccc1. The molecule has 0 radical (unpaired) electrons. The van der Waals surface area contributed by atoms with E-state index < -0.39 is 23.9 Å². The van der Waals surface area contributed by atoms with E-state index >= 15 is 0 Å². The van der Waals surface area contributed by atoms with Crippen LogP contribution in [0.1, 0.15) is 32.4 Å². The van der Waals surface area contributed by atoms with E-state index in [2.05, 4.69) is 0 Å². The Hall–Kier alpha value is -2.93. The molecule has 23 heavy (non-hydrogen) atoms. The van der Waals surface area contributed by atoms with E-state index in [1.165, 1.54) is 20.2 Å². The molecular weight excluding hydrogens is 297 g/mol. The molecule has 1 heterocycles. The van der Waals surface area contributed by atoms with Gasteiger partial charge in [0.2, 0.25) is 6.10 Å². The van der Waals surface area contributed by atoms with Gasteiger partial charge in [0.15, 0.2) is 0 Å². The molecule has 114 valence electrons. The quantitative estimate of drug-likeness (QED) is 0.623. The third-order valence-electron chi connectivity index (χ3n) is 3.49. The Labute approximate surface area is 133 Å². The molecule has 0 fully saturated rings. The maximum atomic E-state index is 12.3. The van der Waals surface area contributed by atoms with Crippen molar-refractivity contribution in [2.24, 2.45) is 0 Å². The molecule has 2 amide bonds. The molecule has 0 aromatic heterocycles. The van der Waals surface area contributed by atoms with Gasteiger partial charge in [-0.15, -0.1) is 5.06 Å². The third kappa shape index (κ3) is 2.62. The fourth-order valence-electron chi connectivity index (χ4n) is 2.34. The van der Waals surface area contributed by atoms with Gasteiger partial charge in [-0.3, -0.25) is 14.4 Å². The van der Waals surface area contributed by atoms with Crippen LogP contribution in [0.3, 0.4) is 0 Å². The first-order valence-electron chi connectivity index (χ1n) is 6.91. The Bertz CT molecular complexity index is 742. The zero-order valence-electron chi connectivity index (χ0n) is 12.3. The van der Waals surface area contributed by atoms with E-state index in [-0.39, 0.29) is 11.1 Å². The normalized spacial score (nSPS) is 14.5. The van der Waals surface area contributed by atoms with Crippen LogP contribution in [-0.2, 0) is 14.3 Å². The zero-order valence-corrected chi connectivity index (χ0v) is 12.3.